The maximum Gasteiger partial charge on any atom is 0.425 e. The Bertz CT molecular complexity index is 1500. The standard InChI is InChI=1S/C30H39N5O5/c1-9-17-34-23(16-12-13-20-18-19(2)33-40-20)24-21-14-10-11-15-22(21)31-26(25(24)32-34)35(27(36)38-29(3,4)5)28(37)39-30(6,7)8/h10-11,14-15,18H,9,12-13,16-17H2,1-8H3. The van der Waals surface area contributed by atoms with Crippen molar-refractivity contribution in [3.8, 4) is 0 Å². The first-order chi connectivity index (χ1) is 18.8. The summed E-state index contributed by atoms with van der Waals surface area (Å²) in [6, 6.07) is 9.61. The molecule has 4 rings (SSSR count). The Balaban J connectivity index is 1.90. The Kier molecular flexibility index (Phi) is 8.18. The van der Waals surface area contributed by atoms with Crippen molar-refractivity contribution in [2.75, 3.05) is 4.90 Å². The Morgan fingerprint density at radius 3 is 2.23 bits per heavy atom. The summed E-state index contributed by atoms with van der Waals surface area (Å²) in [7, 11) is 0. The third-order valence-corrected chi connectivity index (χ3v) is 5.98. The van der Waals surface area contributed by atoms with Crippen molar-refractivity contribution in [3.63, 3.8) is 0 Å². The number of hydrogen-bond donors (Lipinski definition) is 0. The average Bonchev–Trinajstić information content (AvgIpc) is 3.41. The zero-order valence-corrected chi connectivity index (χ0v) is 24.7. The van der Waals surface area contributed by atoms with Gasteiger partial charge in [-0.2, -0.15) is 10.00 Å². The zero-order chi connectivity index (χ0) is 29.2. The number of fused-ring (bicyclic) bond motifs is 3. The second kappa shape index (κ2) is 11.3. The van der Waals surface area contributed by atoms with Gasteiger partial charge in [0.2, 0.25) is 0 Å². The summed E-state index contributed by atoms with van der Waals surface area (Å²) >= 11 is 0. The SMILES string of the molecule is CCCn1nc2c(N(C(=O)OC(C)(C)C)C(=O)OC(C)(C)C)nc3ccccc3c2c1CCCc1cc(C)no1. The van der Waals surface area contributed by atoms with Gasteiger partial charge in [-0.25, -0.2) is 14.6 Å². The largest absolute Gasteiger partial charge is 0.443 e. The summed E-state index contributed by atoms with van der Waals surface area (Å²) in [4.78, 5) is 32.7. The van der Waals surface area contributed by atoms with Crippen LogP contribution in [-0.4, -0.2) is 43.3 Å². The third-order valence-electron chi connectivity index (χ3n) is 5.98. The van der Waals surface area contributed by atoms with Crippen molar-refractivity contribution in [1.82, 2.24) is 19.9 Å². The normalized spacial score (nSPS) is 12.2. The first-order valence-corrected chi connectivity index (χ1v) is 13.7. The molecule has 0 aliphatic rings. The number of rotatable bonds is 7. The molecule has 0 aliphatic heterocycles. The van der Waals surface area contributed by atoms with Crippen LogP contribution in [-0.2, 0) is 28.9 Å². The number of ether oxygens (including phenoxy) is 2. The number of benzene rings is 1. The van der Waals surface area contributed by atoms with E-state index >= 15 is 0 Å². The number of carbonyl (C=O) groups is 2. The summed E-state index contributed by atoms with van der Waals surface area (Å²) in [6.45, 7) is 15.1. The predicted octanol–water partition coefficient (Wildman–Crippen LogP) is 7.14. The van der Waals surface area contributed by atoms with E-state index in [0.717, 1.165) is 52.1 Å². The van der Waals surface area contributed by atoms with Crippen LogP contribution in [0.4, 0.5) is 15.4 Å². The zero-order valence-electron chi connectivity index (χ0n) is 24.7. The van der Waals surface area contributed by atoms with Crippen molar-refractivity contribution < 1.29 is 23.6 Å². The van der Waals surface area contributed by atoms with E-state index in [1.54, 1.807) is 41.5 Å². The lowest BCUT2D eigenvalue weighted by molar-refractivity contribution is 0.0429. The lowest BCUT2D eigenvalue weighted by Gasteiger charge is -2.28. The summed E-state index contributed by atoms with van der Waals surface area (Å²) in [5.74, 6) is 0.913. The molecule has 0 N–H and O–H groups in total. The molecular weight excluding hydrogens is 510 g/mol. The van der Waals surface area contributed by atoms with Gasteiger partial charge >= 0.3 is 12.2 Å². The minimum atomic E-state index is -0.877. The molecule has 3 heterocycles. The molecule has 0 saturated heterocycles. The number of para-hydroxylation sites is 1. The van der Waals surface area contributed by atoms with Crippen LogP contribution in [0.1, 0.15) is 78.5 Å². The van der Waals surface area contributed by atoms with Crippen LogP contribution in [0, 0.1) is 6.92 Å². The van der Waals surface area contributed by atoms with E-state index in [1.807, 2.05) is 41.9 Å². The average molecular weight is 550 g/mol. The molecule has 0 saturated carbocycles. The summed E-state index contributed by atoms with van der Waals surface area (Å²) in [5.41, 5.74) is 1.22. The van der Waals surface area contributed by atoms with Crippen molar-refractivity contribution in [2.45, 2.75) is 98.8 Å². The molecule has 0 atom stereocenters. The minimum absolute atomic E-state index is 0.0826. The number of hydrogen-bond acceptors (Lipinski definition) is 8. The van der Waals surface area contributed by atoms with Crippen LogP contribution in [0.3, 0.4) is 0 Å². The van der Waals surface area contributed by atoms with E-state index in [0.29, 0.717) is 24.0 Å². The fourth-order valence-electron chi connectivity index (χ4n) is 4.52. The second-order valence-corrected chi connectivity index (χ2v) is 11.9. The van der Waals surface area contributed by atoms with Gasteiger partial charge in [-0.3, -0.25) is 4.68 Å². The van der Waals surface area contributed by atoms with Crippen molar-refractivity contribution >= 4 is 39.8 Å². The molecule has 40 heavy (non-hydrogen) atoms. The minimum Gasteiger partial charge on any atom is -0.443 e. The predicted molar refractivity (Wildman–Crippen MR) is 154 cm³/mol. The van der Waals surface area contributed by atoms with E-state index in [1.165, 1.54) is 0 Å². The number of carbonyl (C=O) groups excluding carboxylic acids is 2. The smallest absolute Gasteiger partial charge is 0.425 e. The quantitative estimate of drug-likeness (QED) is 0.239. The Labute approximate surface area is 234 Å². The number of anilines is 1. The van der Waals surface area contributed by atoms with Crippen LogP contribution in [0.5, 0.6) is 0 Å². The van der Waals surface area contributed by atoms with E-state index in [-0.39, 0.29) is 5.82 Å². The molecule has 10 nitrogen and oxygen atoms in total. The van der Waals surface area contributed by atoms with E-state index in [9.17, 15) is 9.59 Å². The first-order valence-electron chi connectivity index (χ1n) is 13.7. The highest BCUT2D eigenvalue weighted by Gasteiger charge is 2.36. The highest BCUT2D eigenvalue weighted by Crippen LogP contribution is 2.35. The molecule has 0 radical (unpaired) electrons. The fourth-order valence-corrected chi connectivity index (χ4v) is 4.52. The molecule has 0 unspecified atom stereocenters. The summed E-state index contributed by atoms with van der Waals surface area (Å²) < 4.78 is 18.7. The van der Waals surface area contributed by atoms with Crippen molar-refractivity contribution in [1.29, 1.82) is 0 Å². The van der Waals surface area contributed by atoms with Gasteiger partial charge in [0.05, 0.1) is 11.2 Å². The van der Waals surface area contributed by atoms with Gasteiger partial charge in [0.25, 0.3) is 0 Å². The Morgan fingerprint density at radius 2 is 1.65 bits per heavy atom. The highest BCUT2D eigenvalue weighted by atomic mass is 16.6. The fraction of sp³-hybridized carbons (Fsp3) is 0.500. The number of aromatic nitrogens is 4. The van der Waals surface area contributed by atoms with Gasteiger partial charge in [-0.05, 0) is 73.8 Å². The molecule has 4 aromatic rings. The lowest BCUT2D eigenvalue weighted by atomic mass is 10.0. The van der Waals surface area contributed by atoms with E-state index in [2.05, 4.69) is 12.1 Å². The van der Waals surface area contributed by atoms with Gasteiger partial charge in [-0.1, -0.05) is 30.3 Å². The summed E-state index contributed by atoms with van der Waals surface area (Å²) in [6.07, 6.45) is 1.31. The monoisotopic (exact) mass is 549 g/mol. The Hall–Kier alpha value is -3.95. The molecule has 0 aliphatic carbocycles. The molecular formula is C30H39N5O5. The number of pyridine rings is 1. The maximum absolute atomic E-state index is 13.5. The number of nitrogens with zero attached hydrogens (tertiary/aromatic N) is 5. The van der Waals surface area contributed by atoms with Crippen LogP contribution in [0.15, 0.2) is 34.9 Å². The van der Waals surface area contributed by atoms with E-state index < -0.39 is 23.4 Å². The van der Waals surface area contributed by atoms with Crippen LogP contribution in [0.25, 0.3) is 21.8 Å². The Morgan fingerprint density at radius 1 is 1.00 bits per heavy atom. The van der Waals surface area contributed by atoms with Gasteiger partial charge in [-0.15, -0.1) is 0 Å². The molecule has 3 aromatic heterocycles. The molecule has 0 fully saturated rings. The van der Waals surface area contributed by atoms with Gasteiger partial charge < -0.3 is 14.0 Å². The van der Waals surface area contributed by atoms with Crippen LogP contribution >= 0.6 is 0 Å². The number of amides is 2. The maximum atomic E-state index is 13.5. The molecule has 1 aromatic carbocycles. The van der Waals surface area contributed by atoms with Crippen molar-refractivity contribution in [3.05, 3.63) is 47.5 Å². The first kappa shape index (κ1) is 29.0. The van der Waals surface area contributed by atoms with Gasteiger partial charge in [0, 0.05) is 35.5 Å². The topological polar surface area (TPSA) is 113 Å². The molecule has 2 amide bonds. The molecule has 10 heteroatoms. The summed E-state index contributed by atoms with van der Waals surface area (Å²) in [5, 5.41) is 10.7. The molecule has 0 spiro atoms. The van der Waals surface area contributed by atoms with Crippen molar-refractivity contribution in [2.24, 2.45) is 0 Å². The van der Waals surface area contributed by atoms with Crippen LogP contribution < -0.4 is 4.90 Å². The van der Waals surface area contributed by atoms with E-state index in [4.69, 9.17) is 24.1 Å². The third kappa shape index (κ3) is 6.60. The van der Waals surface area contributed by atoms with Gasteiger partial charge in [0.15, 0.2) is 5.82 Å². The highest BCUT2D eigenvalue weighted by molar-refractivity contribution is 6.18. The molecule has 214 valence electrons. The second-order valence-electron chi connectivity index (χ2n) is 11.9. The number of aryl methyl sites for hydroxylation is 4. The van der Waals surface area contributed by atoms with Gasteiger partial charge in [0.1, 0.15) is 22.5 Å². The number of imide groups is 1. The molecule has 0 bridgehead atoms. The lowest BCUT2D eigenvalue weighted by Crippen LogP contribution is -2.44. The van der Waals surface area contributed by atoms with Crippen LogP contribution in [0.2, 0.25) is 0 Å².